The van der Waals surface area contributed by atoms with Crippen LogP contribution in [-0.4, -0.2) is 89.0 Å². The number of carbonyl (C=O) groups is 5. The van der Waals surface area contributed by atoms with Gasteiger partial charge in [-0.3, -0.25) is 39.1 Å². The Morgan fingerprint density at radius 3 is 2.47 bits per heavy atom. The van der Waals surface area contributed by atoms with Gasteiger partial charge in [0.1, 0.15) is 6.04 Å². The number of amides is 5. The van der Waals surface area contributed by atoms with E-state index in [-0.39, 0.29) is 36.4 Å². The van der Waals surface area contributed by atoms with E-state index in [0.29, 0.717) is 24.8 Å². The normalized spacial score (nSPS) is 21.8. The molecular weight excluding hydrogens is 414 g/mol. The number of hydrogen-bond acceptors (Lipinski definition) is 7. The Kier molecular flexibility index (Phi) is 5.96. The molecule has 3 aliphatic heterocycles. The Bertz CT molecular complexity index is 983. The number of anilines is 1. The number of piperidine rings is 1. The maximum atomic E-state index is 13.1. The van der Waals surface area contributed by atoms with Crippen LogP contribution in [0.3, 0.4) is 0 Å². The predicted octanol–water partition coefficient (Wildman–Crippen LogP) is 0.0523. The van der Waals surface area contributed by atoms with Gasteiger partial charge in [0.25, 0.3) is 11.8 Å². The first-order valence-corrected chi connectivity index (χ1v) is 10.9. The summed E-state index contributed by atoms with van der Waals surface area (Å²) < 4.78 is 0. The molecule has 3 aliphatic rings. The van der Waals surface area contributed by atoms with E-state index in [9.17, 15) is 24.0 Å². The number of hydrogen-bond donors (Lipinski definition) is 2. The highest BCUT2D eigenvalue weighted by Gasteiger charge is 2.45. The minimum atomic E-state index is -1.02. The topological polar surface area (TPSA) is 119 Å². The molecule has 32 heavy (non-hydrogen) atoms. The van der Waals surface area contributed by atoms with E-state index < -0.39 is 29.7 Å². The van der Waals surface area contributed by atoms with Crippen molar-refractivity contribution < 1.29 is 24.0 Å². The van der Waals surface area contributed by atoms with Crippen molar-refractivity contribution in [3.63, 3.8) is 0 Å². The fraction of sp³-hybridized carbons (Fsp3) is 0.500. The molecule has 10 nitrogen and oxygen atoms in total. The van der Waals surface area contributed by atoms with Gasteiger partial charge in [-0.1, -0.05) is 6.07 Å². The summed E-state index contributed by atoms with van der Waals surface area (Å²) in [6.45, 7) is 7.18. The minimum absolute atomic E-state index is 0.00197. The van der Waals surface area contributed by atoms with Gasteiger partial charge in [-0.25, -0.2) is 0 Å². The molecule has 3 heterocycles. The van der Waals surface area contributed by atoms with Crippen LogP contribution >= 0.6 is 0 Å². The summed E-state index contributed by atoms with van der Waals surface area (Å²) in [6, 6.07) is 4.22. The Morgan fingerprint density at radius 2 is 1.81 bits per heavy atom. The van der Waals surface area contributed by atoms with Crippen LogP contribution in [0, 0.1) is 0 Å². The van der Waals surface area contributed by atoms with E-state index in [4.69, 9.17) is 0 Å². The zero-order valence-corrected chi connectivity index (χ0v) is 18.2. The molecule has 170 valence electrons. The highest BCUT2D eigenvalue weighted by molar-refractivity contribution is 6.25. The Hall–Kier alpha value is -3.27. The van der Waals surface area contributed by atoms with Crippen molar-refractivity contribution in [2.75, 3.05) is 38.0 Å². The average Bonchev–Trinajstić information content (AvgIpc) is 3.03. The summed E-state index contributed by atoms with van der Waals surface area (Å²) in [7, 11) is 0. The monoisotopic (exact) mass is 441 g/mol. The van der Waals surface area contributed by atoms with Gasteiger partial charge in [0, 0.05) is 44.3 Å². The number of piperazine rings is 1. The molecule has 0 radical (unpaired) electrons. The number of rotatable bonds is 5. The number of imide groups is 2. The maximum Gasteiger partial charge on any atom is 0.264 e. The molecule has 1 aromatic rings. The maximum absolute atomic E-state index is 13.1. The molecule has 1 unspecified atom stereocenters. The van der Waals surface area contributed by atoms with Crippen LogP contribution in [-0.2, 0) is 14.4 Å². The fourth-order valence-corrected chi connectivity index (χ4v) is 4.43. The lowest BCUT2D eigenvalue weighted by Gasteiger charge is -2.37. The van der Waals surface area contributed by atoms with Gasteiger partial charge in [-0.15, -0.1) is 0 Å². The van der Waals surface area contributed by atoms with Gasteiger partial charge < -0.3 is 10.2 Å². The van der Waals surface area contributed by atoms with Crippen LogP contribution in [0.1, 0.15) is 47.4 Å². The molecule has 10 heteroatoms. The SMILES string of the molecule is CC(C)N1CCN(C(=O)CNc2cccc3c2C(=O)N(C2CCC(=O)NC2=O)C3=O)CC1. The molecule has 2 saturated heterocycles. The number of nitrogens with one attached hydrogen (secondary N) is 2. The van der Waals surface area contributed by atoms with Crippen molar-refractivity contribution in [2.24, 2.45) is 0 Å². The molecule has 0 bridgehead atoms. The summed E-state index contributed by atoms with van der Waals surface area (Å²) in [6.07, 6.45) is 0.160. The third-order valence-corrected chi connectivity index (χ3v) is 6.30. The summed E-state index contributed by atoms with van der Waals surface area (Å²) in [5, 5.41) is 5.19. The van der Waals surface area contributed by atoms with Crippen molar-refractivity contribution >= 4 is 35.2 Å². The average molecular weight is 441 g/mol. The molecular formula is C22H27N5O5. The van der Waals surface area contributed by atoms with Gasteiger partial charge in [0.15, 0.2) is 0 Å². The molecule has 0 aliphatic carbocycles. The number of benzene rings is 1. The fourth-order valence-electron chi connectivity index (χ4n) is 4.43. The van der Waals surface area contributed by atoms with Crippen LogP contribution in [0.2, 0.25) is 0 Å². The molecule has 5 amide bonds. The second-order valence-corrected chi connectivity index (χ2v) is 8.54. The van der Waals surface area contributed by atoms with Crippen LogP contribution in [0.5, 0.6) is 0 Å². The van der Waals surface area contributed by atoms with Gasteiger partial charge in [0.2, 0.25) is 17.7 Å². The van der Waals surface area contributed by atoms with E-state index in [1.165, 1.54) is 6.07 Å². The standard InChI is InChI=1S/C22H27N5O5/c1-13(2)25-8-10-26(11-9-25)18(29)12-23-15-5-3-4-14-19(15)22(32)27(21(14)31)16-6-7-17(28)24-20(16)30/h3-5,13,16,23H,6-12H2,1-2H3,(H,24,28,30). The first-order chi connectivity index (χ1) is 15.3. The Balaban J connectivity index is 1.45. The first kappa shape index (κ1) is 21.9. The lowest BCUT2D eigenvalue weighted by Crippen LogP contribution is -2.54. The summed E-state index contributed by atoms with van der Waals surface area (Å²) >= 11 is 0. The second-order valence-electron chi connectivity index (χ2n) is 8.54. The third kappa shape index (κ3) is 3.97. The van der Waals surface area contributed by atoms with Crippen LogP contribution < -0.4 is 10.6 Å². The molecule has 2 fully saturated rings. The van der Waals surface area contributed by atoms with Crippen molar-refractivity contribution in [1.29, 1.82) is 0 Å². The van der Waals surface area contributed by atoms with Crippen molar-refractivity contribution in [3.8, 4) is 0 Å². The molecule has 0 spiro atoms. The van der Waals surface area contributed by atoms with Gasteiger partial charge in [-0.2, -0.15) is 0 Å². The van der Waals surface area contributed by atoms with Crippen molar-refractivity contribution in [3.05, 3.63) is 29.3 Å². The Labute approximate surface area is 185 Å². The van der Waals surface area contributed by atoms with Crippen molar-refractivity contribution in [1.82, 2.24) is 20.0 Å². The number of nitrogens with zero attached hydrogens (tertiary/aromatic N) is 3. The van der Waals surface area contributed by atoms with Crippen LogP contribution in [0.15, 0.2) is 18.2 Å². The largest absolute Gasteiger partial charge is 0.375 e. The second kappa shape index (κ2) is 8.70. The van der Waals surface area contributed by atoms with Gasteiger partial charge in [0.05, 0.1) is 17.7 Å². The number of carbonyl (C=O) groups excluding carboxylic acids is 5. The van der Waals surface area contributed by atoms with E-state index >= 15 is 0 Å². The summed E-state index contributed by atoms with van der Waals surface area (Å²) in [4.78, 5) is 67.3. The third-order valence-electron chi connectivity index (χ3n) is 6.30. The van der Waals surface area contributed by atoms with Crippen LogP contribution in [0.4, 0.5) is 5.69 Å². The first-order valence-electron chi connectivity index (χ1n) is 10.9. The molecule has 0 aromatic heterocycles. The lowest BCUT2D eigenvalue weighted by molar-refractivity contribution is -0.136. The summed E-state index contributed by atoms with van der Waals surface area (Å²) in [5.74, 6) is -2.32. The lowest BCUT2D eigenvalue weighted by atomic mass is 10.0. The zero-order valence-electron chi connectivity index (χ0n) is 18.2. The zero-order chi connectivity index (χ0) is 23.0. The van der Waals surface area contributed by atoms with Crippen molar-refractivity contribution in [2.45, 2.75) is 38.8 Å². The van der Waals surface area contributed by atoms with E-state index in [0.717, 1.165) is 18.0 Å². The molecule has 1 atom stereocenters. The van der Waals surface area contributed by atoms with E-state index in [1.54, 1.807) is 17.0 Å². The molecule has 1 aromatic carbocycles. The smallest absolute Gasteiger partial charge is 0.264 e. The quantitative estimate of drug-likeness (QED) is 0.620. The van der Waals surface area contributed by atoms with Gasteiger partial charge in [-0.05, 0) is 32.4 Å². The molecule has 4 rings (SSSR count). The minimum Gasteiger partial charge on any atom is -0.375 e. The summed E-state index contributed by atoms with van der Waals surface area (Å²) in [5.41, 5.74) is 0.715. The predicted molar refractivity (Wildman–Crippen MR) is 115 cm³/mol. The number of fused-ring (bicyclic) bond motifs is 1. The van der Waals surface area contributed by atoms with Crippen LogP contribution in [0.25, 0.3) is 0 Å². The highest BCUT2D eigenvalue weighted by atomic mass is 16.2. The Morgan fingerprint density at radius 1 is 1.09 bits per heavy atom. The van der Waals surface area contributed by atoms with E-state index in [1.807, 2.05) is 0 Å². The van der Waals surface area contributed by atoms with E-state index in [2.05, 4.69) is 29.4 Å². The van der Waals surface area contributed by atoms with Gasteiger partial charge >= 0.3 is 0 Å². The highest BCUT2D eigenvalue weighted by Crippen LogP contribution is 2.32. The molecule has 0 saturated carbocycles. The molecule has 2 N–H and O–H groups in total.